The van der Waals surface area contributed by atoms with E-state index in [-0.39, 0.29) is 64.0 Å². The zero-order valence-corrected chi connectivity index (χ0v) is 33.2. The summed E-state index contributed by atoms with van der Waals surface area (Å²) in [5.74, 6) is -1.79. The quantitative estimate of drug-likeness (QED) is 0.170. The van der Waals surface area contributed by atoms with Gasteiger partial charge in [-0.1, -0.05) is 52.8 Å². The third-order valence-electron chi connectivity index (χ3n) is 16.6. The number of carboxylic acids is 2. The maximum Gasteiger partial charge on any atom is 0.336 e. The number of allylic oxidation sites excluding steroid dienone is 1. The highest BCUT2D eigenvalue weighted by atomic mass is 19.1. The Balaban J connectivity index is 1.25. The van der Waals surface area contributed by atoms with Crippen molar-refractivity contribution in [1.29, 1.82) is 0 Å². The Morgan fingerprint density at radius 3 is 2.25 bits per heavy atom. The number of hydrogen-bond acceptors (Lipinski definition) is 5. The largest absolute Gasteiger partial charge is 0.481 e. The fraction of sp³-hybridized carbons (Fsp3) is 0.727. The molecule has 1 aromatic rings. The van der Waals surface area contributed by atoms with Gasteiger partial charge in [0.05, 0.1) is 22.8 Å². The number of benzene rings is 1. The Hall–Kier alpha value is -3.23. The molecule has 8 nitrogen and oxygen atoms in total. The minimum atomic E-state index is -1.22. The summed E-state index contributed by atoms with van der Waals surface area (Å²) in [7, 11) is 0. The van der Waals surface area contributed by atoms with Crippen LogP contribution in [-0.2, 0) is 25.7 Å². The van der Waals surface area contributed by atoms with E-state index < -0.39 is 34.6 Å². The topological polar surface area (TPSA) is 130 Å². The molecule has 0 aromatic heterocycles. The molecule has 9 heteroatoms. The molecule has 0 radical (unpaired) electrons. The fourth-order valence-corrected chi connectivity index (χ4v) is 13.6. The van der Waals surface area contributed by atoms with E-state index in [4.69, 9.17) is 4.74 Å². The summed E-state index contributed by atoms with van der Waals surface area (Å²) >= 11 is 0. The number of hydrogen-bond donors (Lipinski definition) is 3. The average Bonchev–Trinajstić information content (AvgIpc) is 3.47. The predicted molar refractivity (Wildman–Crippen MR) is 200 cm³/mol. The van der Waals surface area contributed by atoms with Crippen molar-refractivity contribution in [3.05, 3.63) is 47.3 Å². The van der Waals surface area contributed by atoms with Crippen molar-refractivity contribution >= 4 is 23.8 Å². The number of esters is 1. The van der Waals surface area contributed by atoms with Crippen molar-refractivity contribution in [3.8, 4) is 0 Å². The van der Waals surface area contributed by atoms with Gasteiger partial charge in [-0.2, -0.15) is 0 Å². The number of aliphatic carboxylic acids is 1. The summed E-state index contributed by atoms with van der Waals surface area (Å²) in [6, 6.07) is 3.71. The van der Waals surface area contributed by atoms with Crippen molar-refractivity contribution < 1.29 is 38.5 Å². The van der Waals surface area contributed by atoms with Crippen LogP contribution in [0.15, 0.2) is 30.4 Å². The molecule has 5 fully saturated rings. The lowest BCUT2D eigenvalue weighted by atomic mass is 9.32. The molecule has 0 heterocycles. The average molecular weight is 736 g/mol. The number of carboxylic acid groups (broad SMARTS) is 2. The number of ether oxygens (including phenoxy) is 1. The summed E-state index contributed by atoms with van der Waals surface area (Å²) in [5, 5.41) is 22.5. The number of halogens is 1. The van der Waals surface area contributed by atoms with Crippen LogP contribution in [0.25, 0.3) is 0 Å². The number of carbonyl (C=O) groups excluding carboxylic acids is 2. The molecule has 3 N–H and O–H groups in total. The highest BCUT2D eigenvalue weighted by molar-refractivity contribution is 5.90. The molecule has 9 unspecified atom stereocenters. The van der Waals surface area contributed by atoms with Crippen LogP contribution in [0.4, 0.5) is 4.39 Å². The third-order valence-corrected chi connectivity index (χ3v) is 16.6. The molecule has 5 saturated carbocycles. The number of carbonyl (C=O) groups is 4. The molecule has 5 aliphatic rings. The Kier molecular flexibility index (Phi) is 9.84. The normalized spacial score (nSPS) is 38.7. The summed E-state index contributed by atoms with van der Waals surface area (Å²) in [4.78, 5) is 51.2. The van der Waals surface area contributed by atoms with E-state index in [2.05, 4.69) is 53.4 Å². The molecular weight excluding hydrogens is 673 g/mol. The van der Waals surface area contributed by atoms with Crippen LogP contribution in [0, 0.1) is 67.9 Å². The summed E-state index contributed by atoms with van der Waals surface area (Å²) in [5.41, 5.74) is -0.541. The van der Waals surface area contributed by atoms with E-state index in [1.807, 2.05) is 0 Å². The standard InChI is InChI=1S/C44H62FNO7/c1-25(2)28-14-19-44(37(50)46-24-26-10-11-27(45)22-29(26)36(48)49)21-20-42(8)30(35(28)44)12-13-32-41(7)17-16-33(53-34(47)23-39(3,4)38(51)52)40(5,6)31(41)15-18-43(32,42)9/h10-11,22,28,30-33,35H,1,12-21,23-24H2,2-9H3,(H,46,50)(H,48,49)(H,51,52)/t28?,30?,31?,32?,33?,35?,41?,42-,43?,44?/m1/s1. The van der Waals surface area contributed by atoms with Crippen molar-refractivity contribution in [3.63, 3.8) is 0 Å². The van der Waals surface area contributed by atoms with Gasteiger partial charge in [-0.05, 0) is 149 Å². The van der Waals surface area contributed by atoms with Crippen molar-refractivity contribution in [2.24, 2.45) is 62.1 Å². The molecule has 53 heavy (non-hydrogen) atoms. The van der Waals surface area contributed by atoms with Crippen LogP contribution in [0.2, 0.25) is 0 Å². The van der Waals surface area contributed by atoms with Gasteiger partial charge in [0, 0.05) is 12.0 Å². The molecule has 10 atom stereocenters. The second-order valence-electron chi connectivity index (χ2n) is 19.8. The minimum Gasteiger partial charge on any atom is -0.481 e. The maximum absolute atomic E-state index is 14.5. The van der Waals surface area contributed by atoms with Crippen LogP contribution in [0.3, 0.4) is 0 Å². The molecular formula is C44H62FNO7. The zero-order chi connectivity index (χ0) is 39.1. The number of rotatable bonds is 9. The van der Waals surface area contributed by atoms with E-state index in [0.717, 1.165) is 75.8 Å². The van der Waals surface area contributed by atoms with E-state index in [0.29, 0.717) is 23.3 Å². The maximum atomic E-state index is 14.5. The SMILES string of the molecule is C=C(C)C1CCC2(C(=O)NCc3ccc(F)cc3C(=O)O)CC[C@]3(C)C(CCC4C5(C)CCC(OC(=O)CC(C)(C)C(=O)O)C(C)(C)C5CCC43C)C12. The summed E-state index contributed by atoms with van der Waals surface area (Å²) in [6.07, 6.45) is 8.89. The van der Waals surface area contributed by atoms with Crippen LogP contribution < -0.4 is 5.32 Å². The smallest absolute Gasteiger partial charge is 0.336 e. The van der Waals surface area contributed by atoms with Crippen LogP contribution in [0.5, 0.6) is 0 Å². The van der Waals surface area contributed by atoms with Crippen LogP contribution >= 0.6 is 0 Å². The van der Waals surface area contributed by atoms with Crippen LogP contribution in [-0.4, -0.2) is 40.1 Å². The Morgan fingerprint density at radius 2 is 1.60 bits per heavy atom. The van der Waals surface area contributed by atoms with E-state index in [1.165, 1.54) is 12.1 Å². The first-order chi connectivity index (χ1) is 24.5. The Morgan fingerprint density at radius 1 is 0.906 bits per heavy atom. The molecule has 0 saturated heterocycles. The lowest BCUT2D eigenvalue weighted by molar-refractivity contribution is -0.249. The van der Waals surface area contributed by atoms with Gasteiger partial charge in [0.25, 0.3) is 0 Å². The molecule has 0 bridgehead atoms. The van der Waals surface area contributed by atoms with Gasteiger partial charge in [0.1, 0.15) is 11.9 Å². The molecule has 1 amide bonds. The monoisotopic (exact) mass is 735 g/mol. The fourth-order valence-electron chi connectivity index (χ4n) is 13.6. The molecule has 0 aliphatic heterocycles. The van der Waals surface area contributed by atoms with Gasteiger partial charge < -0.3 is 20.3 Å². The third kappa shape index (κ3) is 6.05. The number of amides is 1. The molecule has 5 aliphatic carbocycles. The van der Waals surface area contributed by atoms with E-state index in [9.17, 15) is 33.8 Å². The predicted octanol–water partition coefficient (Wildman–Crippen LogP) is 9.21. The van der Waals surface area contributed by atoms with E-state index >= 15 is 0 Å². The summed E-state index contributed by atoms with van der Waals surface area (Å²) < 4.78 is 20.1. The highest BCUT2D eigenvalue weighted by Gasteiger charge is 2.72. The Labute approximate surface area is 315 Å². The molecule has 1 aromatic carbocycles. The van der Waals surface area contributed by atoms with Gasteiger partial charge in [-0.15, -0.1) is 0 Å². The number of fused-ring (bicyclic) bond motifs is 7. The first-order valence-corrected chi connectivity index (χ1v) is 19.9. The minimum absolute atomic E-state index is 0.000308. The van der Waals surface area contributed by atoms with Gasteiger partial charge in [-0.25, -0.2) is 9.18 Å². The number of aromatic carboxylic acids is 1. The first kappa shape index (κ1) is 39.5. The van der Waals surface area contributed by atoms with Gasteiger partial charge in [0.2, 0.25) is 5.91 Å². The lowest BCUT2D eigenvalue weighted by Crippen LogP contribution is -2.67. The lowest BCUT2D eigenvalue weighted by Gasteiger charge is -2.72. The number of nitrogens with one attached hydrogen (secondary N) is 1. The highest BCUT2D eigenvalue weighted by Crippen LogP contribution is 2.77. The van der Waals surface area contributed by atoms with Gasteiger partial charge >= 0.3 is 17.9 Å². The Bertz CT molecular complexity index is 1700. The molecule has 6 rings (SSSR count). The van der Waals surface area contributed by atoms with Crippen molar-refractivity contribution in [2.75, 3.05) is 0 Å². The van der Waals surface area contributed by atoms with Crippen molar-refractivity contribution in [2.45, 2.75) is 139 Å². The van der Waals surface area contributed by atoms with Crippen molar-refractivity contribution in [1.82, 2.24) is 5.32 Å². The van der Waals surface area contributed by atoms with Gasteiger partial charge in [0.15, 0.2) is 0 Å². The second kappa shape index (κ2) is 13.2. The summed E-state index contributed by atoms with van der Waals surface area (Å²) in [6.45, 7) is 21.8. The zero-order valence-electron chi connectivity index (χ0n) is 33.2. The first-order valence-electron chi connectivity index (χ1n) is 19.9. The molecule has 292 valence electrons. The molecule has 0 spiro atoms. The van der Waals surface area contributed by atoms with E-state index in [1.54, 1.807) is 13.8 Å². The van der Waals surface area contributed by atoms with Crippen LogP contribution in [0.1, 0.15) is 142 Å². The van der Waals surface area contributed by atoms with Gasteiger partial charge in [-0.3, -0.25) is 14.4 Å². The second-order valence-corrected chi connectivity index (χ2v) is 19.8.